The fourth-order valence-corrected chi connectivity index (χ4v) is 4.53. The second-order valence-corrected chi connectivity index (χ2v) is 8.26. The van der Waals surface area contributed by atoms with Gasteiger partial charge in [-0.05, 0) is 30.5 Å². The molecule has 0 saturated carbocycles. The number of carbonyl (C=O) groups is 1. The Balaban J connectivity index is 1.70. The highest BCUT2D eigenvalue weighted by Gasteiger charge is 2.43. The van der Waals surface area contributed by atoms with Gasteiger partial charge in [0.2, 0.25) is 0 Å². The second kappa shape index (κ2) is 9.13. The third-order valence-electron chi connectivity index (χ3n) is 6.14. The Hall–Kier alpha value is -3.55. The maximum atomic E-state index is 13.3. The molecule has 2 bridgehead atoms. The van der Waals surface area contributed by atoms with Crippen molar-refractivity contribution in [3.8, 4) is 5.75 Å². The van der Waals surface area contributed by atoms with E-state index in [0.717, 1.165) is 23.3 Å². The Morgan fingerprint density at radius 1 is 0.970 bits per heavy atom. The second-order valence-electron chi connectivity index (χ2n) is 8.26. The topological polar surface area (TPSA) is 76.5 Å². The molecule has 1 fully saturated rings. The highest BCUT2D eigenvalue weighted by molar-refractivity contribution is 5.94. The van der Waals surface area contributed by atoms with Crippen LogP contribution in [0.5, 0.6) is 5.75 Å². The number of aliphatic hydroxyl groups is 2. The van der Waals surface area contributed by atoms with E-state index in [1.54, 1.807) is 16.1 Å². The van der Waals surface area contributed by atoms with Gasteiger partial charge in [0.1, 0.15) is 11.9 Å². The summed E-state index contributed by atoms with van der Waals surface area (Å²) in [5.74, 6) is 0.137. The molecule has 2 unspecified atom stereocenters. The lowest BCUT2D eigenvalue weighted by Gasteiger charge is -2.49. The first-order valence-corrected chi connectivity index (χ1v) is 11.2. The van der Waals surface area contributed by atoms with Crippen molar-refractivity contribution in [1.82, 2.24) is 14.9 Å². The van der Waals surface area contributed by atoms with Crippen LogP contribution >= 0.6 is 0 Å². The molecule has 7 heteroatoms. The Labute approximate surface area is 193 Å². The minimum Gasteiger partial charge on any atom is -0.507 e. The van der Waals surface area contributed by atoms with Gasteiger partial charge in [0.25, 0.3) is 5.91 Å². The lowest BCUT2D eigenvalue weighted by molar-refractivity contribution is -0.149. The molecular formula is C26H27N3O4. The number of hydrogen-bond acceptors (Lipinski definition) is 6. The molecule has 7 nitrogen and oxygen atoms in total. The van der Waals surface area contributed by atoms with Gasteiger partial charge < -0.3 is 19.8 Å². The summed E-state index contributed by atoms with van der Waals surface area (Å²) >= 11 is 0. The van der Waals surface area contributed by atoms with Crippen molar-refractivity contribution in [2.75, 3.05) is 19.8 Å². The third-order valence-corrected chi connectivity index (χ3v) is 6.14. The minimum absolute atomic E-state index is 0.0782. The van der Waals surface area contributed by atoms with E-state index in [4.69, 9.17) is 4.74 Å². The van der Waals surface area contributed by atoms with Gasteiger partial charge in [-0.15, -0.1) is 0 Å². The lowest BCUT2D eigenvalue weighted by atomic mass is 9.96. The molecule has 0 spiro atoms. The van der Waals surface area contributed by atoms with Gasteiger partial charge in [-0.3, -0.25) is 9.80 Å². The van der Waals surface area contributed by atoms with Gasteiger partial charge in [-0.25, -0.2) is 0 Å². The molecule has 0 aromatic heterocycles. The zero-order valence-electron chi connectivity index (χ0n) is 18.2. The molecule has 170 valence electrons. The first kappa shape index (κ1) is 21.3. The Morgan fingerprint density at radius 2 is 1.73 bits per heavy atom. The van der Waals surface area contributed by atoms with Crippen LogP contribution in [0.1, 0.15) is 30.0 Å². The number of fused-ring (bicyclic) bond motifs is 5. The van der Waals surface area contributed by atoms with E-state index < -0.39 is 6.10 Å². The van der Waals surface area contributed by atoms with Crippen molar-refractivity contribution in [1.29, 1.82) is 0 Å². The molecule has 0 radical (unpaired) electrons. The van der Waals surface area contributed by atoms with Gasteiger partial charge in [0.05, 0.1) is 19.3 Å². The largest absolute Gasteiger partial charge is 0.507 e. The van der Waals surface area contributed by atoms with E-state index in [1.807, 2.05) is 59.6 Å². The smallest absolute Gasteiger partial charge is 0.276 e. The molecule has 3 aliphatic rings. The average molecular weight is 446 g/mol. The molecule has 5 rings (SSSR count). The zero-order chi connectivity index (χ0) is 22.8. The molecule has 2 N–H and O–H groups in total. The minimum atomic E-state index is -1.21. The molecule has 2 aromatic carbocycles. The number of nitrogens with zero attached hydrogens (tertiary/aromatic N) is 3. The van der Waals surface area contributed by atoms with Crippen molar-refractivity contribution in [3.05, 3.63) is 102 Å². The number of rotatable bonds is 1. The van der Waals surface area contributed by atoms with Crippen LogP contribution in [-0.2, 0) is 4.79 Å². The Bertz CT molecular complexity index is 1110. The van der Waals surface area contributed by atoms with Crippen molar-refractivity contribution in [3.63, 3.8) is 0 Å². The molecule has 3 heterocycles. The van der Waals surface area contributed by atoms with Crippen LogP contribution in [0.25, 0.3) is 0 Å². The molecule has 3 aliphatic heterocycles. The van der Waals surface area contributed by atoms with E-state index in [1.165, 1.54) is 6.08 Å². The van der Waals surface area contributed by atoms with Crippen molar-refractivity contribution in [2.45, 2.75) is 25.0 Å². The van der Waals surface area contributed by atoms with Crippen molar-refractivity contribution in [2.24, 2.45) is 0 Å². The molecule has 1 amide bonds. The molecule has 2 aromatic rings. The van der Waals surface area contributed by atoms with E-state index in [9.17, 15) is 15.0 Å². The maximum absolute atomic E-state index is 13.3. The van der Waals surface area contributed by atoms with Gasteiger partial charge >= 0.3 is 0 Å². The summed E-state index contributed by atoms with van der Waals surface area (Å²) in [4.78, 5) is 15.1. The maximum Gasteiger partial charge on any atom is 0.276 e. The van der Waals surface area contributed by atoms with Crippen LogP contribution in [0.2, 0.25) is 0 Å². The van der Waals surface area contributed by atoms with Crippen LogP contribution in [0.4, 0.5) is 0 Å². The lowest BCUT2D eigenvalue weighted by Crippen LogP contribution is -2.58. The van der Waals surface area contributed by atoms with Gasteiger partial charge in [0, 0.05) is 18.3 Å². The van der Waals surface area contributed by atoms with E-state index in [0.29, 0.717) is 26.2 Å². The average Bonchev–Trinajstić information content (AvgIpc) is 2.85. The summed E-state index contributed by atoms with van der Waals surface area (Å²) in [5, 5.41) is 24.7. The predicted molar refractivity (Wildman–Crippen MR) is 124 cm³/mol. The summed E-state index contributed by atoms with van der Waals surface area (Å²) in [5.41, 5.74) is 2.06. The van der Waals surface area contributed by atoms with Crippen LogP contribution in [-0.4, -0.2) is 57.0 Å². The number of carbonyl (C=O) groups excluding carboxylic acids is 1. The summed E-state index contributed by atoms with van der Waals surface area (Å²) in [6.07, 6.45) is 7.51. The van der Waals surface area contributed by atoms with Crippen LogP contribution in [0.3, 0.4) is 0 Å². The summed E-state index contributed by atoms with van der Waals surface area (Å²) in [7, 11) is 0. The van der Waals surface area contributed by atoms with Gasteiger partial charge in [-0.1, -0.05) is 60.7 Å². The van der Waals surface area contributed by atoms with Crippen LogP contribution < -0.4 is 4.74 Å². The normalized spacial score (nSPS) is 26.3. The zero-order valence-corrected chi connectivity index (χ0v) is 18.2. The number of amides is 1. The first-order valence-electron chi connectivity index (χ1n) is 11.2. The SMILES string of the molecule is O=C1C2=C(O)C(O)C=CN2N2CN1CC/C=C/CCOc1ccccc1[C@H]2c1ccccc1. The summed E-state index contributed by atoms with van der Waals surface area (Å²) in [6.45, 7) is 1.37. The van der Waals surface area contributed by atoms with Crippen LogP contribution in [0, 0.1) is 0 Å². The van der Waals surface area contributed by atoms with E-state index in [-0.39, 0.29) is 23.4 Å². The Morgan fingerprint density at radius 3 is 2.58 bits per heavy atom. The number of benzene rings is 2. The molecule has 0 aliphatic carbocycles. The summed E-state index contributed by atoms with van der Waals surface area (Å²) < 4.78 is 6.19. The van der Waals surface area contributed by atoms with Gasteiger partial charge in [0.15, 0.2) is 11.5 Å². The fraction of sp³-hybridized carbons (Fsp3) is 0.269. The molecular weight excluding hydrogens is 418 g/mol. The van der Waals surface area contributed by atoms with E-state index >= 15 is 0 Å². The highest BCUT2D eigenvalue weighted by atomic mass is 16.5. The van der Waals surface area contributed by atoms with E-state index in [2.05, 4.69) is 12.2 Å². The third kappa shape index (κ3) is 4.01. The number of para-hydroxylation sites is 1. The standard InChI is InChI=1S/C26H27N3O4/c30-21-14-16-28-24(25(21)31)26(32)27-15-8-1-2-9-17-33-22-13-7-6-12-20(22)23(29(28)18-27)19-10-4-3-5-11-19/h1-7,10-14,16,21,23,30-31H,8-9,15,17-18H2/b2-1+/t21?,23-/m1/s1. The summed E-state index contributed by atoms with van der Waals surface area (Å²) in [6, 6.07) is 17.7. The van der Waals surface area contributed by atoms with Crippen molar-refractivity contribution < 1.29 is 19.7 Å². The molecule has 1 saturated heterocycles. The monoisotopic (exact) mass is 445 g/mol. The molecule has 3 atom stereocenters. The van der Waals surface area contributed by atoms with Gasteiger partial charge in [-0.2, -0.15) is 5.01 Å². The number of ether oxygens (including phenoxy) is 1. The fourth-order valence-electron chi connectivity index (χ4n) is 4.53. The molecule has 33 heavy (non-hydrogen) atoms. The van der Waals surface area contributed by atoms with Crippen LogP contribution in [0.15, 0.2) is 90.5 Å². The Kier molecular flexibility index (Phi) is 5.90. The predicted octanol–water partition coefficient (Wildman–Crippen LogP) is 3.48. The number of aliphatic hydroxyl groups excluding tert-OH is 2. The quantitative estimate of drug-likeness (QED) is 0.655. The first-order chi connectivity index (χ1) is 16.1. The van der Waals surface area contributed by atoms with Crippen molar-refractivity contribution >= 4 is 5.91 Å². The highest BCUT2D eigenvalue weighted by Crippen LogP contribution is 2.40. The number of hydrogen-bond donors (Lipinski definition) is 2. The number of hydrazine groups is 1.